The zero-order valence-electron chi connectivity index (χ0n) is 22.0. The topological polar surface area (TPSA) is 133 Å². The first-order valence-electron chi connectivity index (χ1n) is 13.3. The van der Waals surface area contributed by atoms with E-state index >= 15 is 0 Å². The zero-order chi connectivity index (χ0) is 27.9. The van der Waals surface area contributed by atoms with Crippen LogP contribution in [0.1, 0.15) is 29.2 Å². The molecule has 2 aliphatic rings. The van der Waals surface area contributed by atoms with Gasteiger partial charge in [0.1, 0.15) is 6.04 Å². The standard InChI is InChI=1S/C31H32N6O3/c32-18-22-7-12-24(13-8-22)35-31(39)30(34-15-16-37-19-26-17-25(37)20-40-26)23-10-5-21(6-11-23)9-14-29(38)36-28-4-2-1-3-27(28)33/h1-14,25-26,30,34H,15-17,19-20,33H2,(H,35,39)(H,36,38)/b14-9+/t25-,26-,30?/m1/s1. The molecule has 3 aromatic carbocycles. The number of nitrogens with zero attached hydrogens (tertiary/aromatic N) is 2. The maximum atomic E-state index is 13.4. The molecule has 9 heteroatoms. The Morgan fingerprint density at radius 3 is 2.52 bits per heavy atom. The van der Waals surface area contributed by atoms with Gasteiger partial charge in [-0.2, -0.15) is 5.26 Å². The summed E-state index contributed by atoms with van der Waals surface area (Å²) in [6.45, 7) is 3.17. The van der Waals surface area contributed by atoms with Crippen molar-refractivity contribution in [3.8, 4) is 6.07 Å². The molecule has 2 heterocycles. The van der Waals surface area contributed by atoms with Crippen LogP contribution in [0.25, 0.3) is 6.08 Å². The number of benzene rings is 3. The number of ether oxygens (including phenoxy) is 1. The molecule has 0 aromatic heterocycles. The Labute approximate surface area is 233 Å². The van der Waals surface area contributed by atoms with E-state index < -0.39 is 6.04 Å². The van der Waals surface area contributed by atoms with Gasteiger partial charge < -0.3 is 26.4 Å². The molecule has 2 saturated heterocycles. The lowest BCUT2D eigenvalue weighted by Crippen LogP contribution is -2.43. The molecule has 0 saturated carbocycles. The Kier molecular flexibility index (Phi) is 8.52. The van der Waals surface area contributed by atoms with Crippen LogP contribution in [0.2, 0.25) is 0 Å². The van der Waals surface area contributed by atoms with E-state index in [4.69, 9.17) is 15.7 Å². The number of hydrogen-bond acceptors (Lipinski definition) is 7. The summed E-state index contributed by atoms with van der Waals surface area (Å²) in [7, 11) is 0. The molecule has 2 fully saturated rings. The summed E-state index contributed by atoms with van der Waals surface area (Å²) >= 11 is 0. The third-order valence-electron chi connectivity index (χ3n) is 7.22. The third kappa shape index (κ3) is 6.74. The molecule has 0 spiro atoms. The molecule has 0 aliphatic carbocycles. The fourth-order valence-corrected chi connectivity index (χ4v) is 5.07. The Bertz CT molecular complexity index is 1410. The van der Waals surface area contributed by atoms with E-state index in [2.05, 4.69) is 26.9 Å². The van der Waals surface area contributed by atoms with Crippen molar-refractivity contribution in [2.45, 2.75) is 24.6 Å². The van der Waals surface area contributed by atoms with E-state index in [0.29, 0.717) is 41.3 Å². The first-order chi connectivity index (χ1) is 19.5. The van der Waals surface area contributed by atoms with Crippen molar-refractivity contribution in [3.63, 3.8) is 0 Å². The van der Waals surface area contributed by atoms with Gasteiger partial charge in [-0.15, -0.1) is 0 Å². The molecule has 5 N–H and O–H groups in total. The Morgan fingerprint density at radius 1 is 1.07 bits per heavy atom. The van der Waals surface area contributed by atoms with Gasteiger partial charge in [0.05, 0.1) is 35.7 Å². The number of morpholine rings is 1. The molecule has 5 rings (SSSR count). The average Bonchev–Trinajstić information content (AvgIpc) is 3.60. The number of fused-ring (bicyclic) bond motifs is 2. The number of nitrogens with two attached hydrogens (primary N) is 1. The predicted octanol–water partition coefficient (Wildman–Crippen LogP) is 3.53. The number of nitrogens with one attached hydrogen (secondary N) is 3. The van der Waals surface area contributed by atoms with E-state index in [9.17, 15) is 9.59 Å². The molecule has 3 atom stereocenters. The van der Waals surface area contributed by atoms with Gasteiger partial charge in [0, 0.05) is 37.4 Å². The number of likely N-dealkylation sites (tertiary alicyclic amines) is 1. The summed E-state index contributed by atoms with van der Waals surface area (Å²) in [5.41, 5.74) is 9.72. The molecule has 204 valence electrons. The van der Waals surface area contributed by atoms with Gasteiger partial charge >= 0.3 is 0 Å². The van der Waals surface area contributed by atoms with Crippen LogP contribution in [0.15, 0.2) is 78.9 Å². The molecular formula is C31H32N6O3. The summed E-state index contributed by atoms with van der Waals surface area (Å²) in [5.74, 6) is -0.483. The van der Waals surface area contributed by atoms with Crippen molar-refractivity contribution >= 4 is 35.0 Å². The molecule has 3 aromatic rings. The van der Waals surface area contributed by atoms with Crippen LogP contribution in [0.5, 0.6) is 0 Å². The van der Waals surface area contributed by atoms with Crippen LogP contribution >= 0.6 is 0 Å². The van der Waals surface area contributed by atoms with Crippen molar-refractivity contribution < 1.29 is 14.3 Å². The monoisotopic (exact) mass is 536 g/mol. The molecule has 2 amide bonds. The highest BCUT2D eigenvalue weighted by molar-refractivity contribution is 6.03. The highest BCUT2D eigenvalue weighted by Gasteiger charge is 2.38. The summed E-state index contributed by atoms with van der Waals surface area (Å²) in [6, 6.07) is 23.3. The van der Waals surface area contributed by atoms with E-state index in [-0.39, 0.29) is 11.8 Å². The van der Waals surface area contributed by atoms with Crippen molar-refractivity contribution in [1.29, 1.82) is 5.26 Å². The Morgan fingerprint density at radius 2 is 1.85 bits per heavy atom. The summed E-state index contributed by atoms with van der Waals surface area (Å²) in [4.78, 5) is 28.1. The lowest BCUT2D eigenvalue weighted by molar-refractivity contribution is -0.118. The SMILES string of the molecule is N#Cc1ccc(NC(=O)C(NCCN2C[C@H]3C[C@@H]2CO3)c2ccc(/C=C/C(=O)Nc3ccccc3N)cc2)cc1. The number of nitrogen functional groups attached to an aromatic ring is 1. The van der Waals surface area contributed by atoms with Gasteiger partial charge in [-0.1, -0.05) is 36.4 Å². The number of para-hydroxylation sites is 2. The summed E-state index contributed by atoms with van der Waals surface area (Å²) < 4.78 is 5.70. The fourth-order valence-electron chi connectivity index (χ4n) is 5.07. The van der Waals surface area contributed by atoms with Crippen molar-refractivity contribution in [3.05, 3.63) is 95.6 Å². The van der Waals surface area contributed by atoms with E-state index in [1.807, 2.05) is 24.3 Å². The van der Waals surface area contributed by atoms with Crippen molar-refractivity contribution in [2.75, 3.05) is 42.6 Å². The second-order valence-corrected chi connectivity index (χ2v) is 9.98. The first kappa shape index (κ1) is 27.1. The van der Waals surface area contributed by atoms with E-state index in [1.165, 1.54) is 6.08 Å². The van der Waals surface area contributed by atoms with Crippen LogP contribution in [0.4, 0.5) is 17.1 Å². The Hall–Kier alpha value is -4.49. The minimum atomic E-state index is -0.589. The van der Waals surface area contributed by atoms with Crippen LogP contribution in [-0.4, -0.2) is 55.1 Å². The van der Waals surface area contributed by atoms with Crippen LogP contribution < -0.4 is 21.7 Å². The molecule has 2 aliphatic heterocycles. The minimum absolute atomic E-state index is 0.195. The van der Waals surface area contributed by atoms with Gasteiger partial charge in [-0.25, -0.2) is 0 Å². The van der Waals surface area contributed by atoms with Crippen LogP contribution in [0, 0.1) is 11.3 Å². The largest absolute Gasteiger partial charge is 0.397 e. The number of carbonyl (C=O) groups is 2. The lowest BCUT2D eigenvalue weighted by atomic mass is 10.0. The van der Waals surface area contributed by atoms with Crippen LogP contribution in [0.3, 0.4) is 0 Å². The normalized spacial score (nSPS) is 18.9. The van der Waals surface area contributed by atoms with Gasteiger partial charge in [0.2, 0.25) is 11.8 Å². The summed E-state index contributed by atoms with van der Waals surface area (Å²) in [6.07, 6.45) is 4.56. The summed E-state index contributed by atoms with van der Waals surface area (Å²) in [5, 5.41) is 18.2. The van der Waals surface area contributed by atoms with Crippen molar-refractivity contribution in [2.24, 2.45) is 0 Å². The molecule has 1 unspecified atom stereocenters. The van der Waals surface area contributed by atoms with Gasteiger partial charge in [-0.05, 0) is 60.0 Å². The quantitative estimate of drug-likeness (QED) is 0.230. The second kappa shape index (κ2) is 12.6. The molecular weight excluding hydrogens is 504 g/mol. The van der Waals surface area contributed by atoms with Crippen LogP contribution in [-0.2, 0) is 14.3 Å². The van der Waals surface area contributed by atoms with Gasteiger partial charge in [0.25, 0.3) is 0 Å². The molecule has 2 bridgehead atoms. The maximum Gasteiger partial charge on any atom is 0.248 e. The average molecular weight is 537 g/mol. The van der Waals surface area contributed by atoms with E-state index in [0.717, 1.165) is 37.2 Å². The smallest absolute Gasteiger partial charge is 0.248 e. The number of hydrogen-bond donors (Lipinski definition) is 4. The molecule has 0 radical (unpaired) electrons. The van der Waals surface area contributed by atoms with Crippen molar-refractivity contribution in [1.82, 2.24) is 10.2 Å². The number of rotatable bonds is 10. The fraction of sp³-hybridized carbons (Fsp3) is 0.258. The molecule has 9 nitrogen and oxygen atoms in total. The van der Waals surface area contributed by atoms with E-state index in [1.54, 1.807) is 54.6 Å². The van der Waals surface area contributed by atoms with Gasteiger partial charge in [0.15, 0.2) is 0 Å². The predicted molar refractivity (Wildman–Crippen MR) is 155 cm³/mol. The number of amides is 2. The second-order valence-electron chi connectivity index (χ2n) is 9.98. The highest BCUT2D eigenvalue weighted by atomic mass is 16.5. The number of nitriles is 1. The minimum Gasteiger partial charge on any atom is -0.397 e. The lowest BCUT2D eigenvalue weighted by Gasteiger charge is -2.27. The number of carbonyl (C=O) groups excluding carboxylic acids is 2. The number of anilines is 3. The third-order valence-corrected chi connectivity index (χ3v) is 7.22. The highest BCUT2D eigenvalue weighted by Crippen LogP contribution is 2.27. The molecule has 40 heavy (non-hydrogen) atoms. The van der Waals surface area contributed by atoms with Gasteiger partial charge in [-0.3, -0.25) is 14.5 Å². The maximum absolute atomic E-state index is 13.4. The zero-order valence-corrected chi connectivity index (χ0v) is 22.0. The first-order valence-corrected chi connectivity index (χ1v) is 13.3. The Balaban J connectivity index is 1.24.